The van der Waals surface area contributed by atoms with Crippen molar-refractivity contribution in [3.63, 3.8) is 0 Å². The first-order chi connectivity index (χ1) is 8.43. The van der Waals surface area contributed by atoms with Crippen LogP contribution in [0.2, 0.25) is 10.0 Å². The van der Waals surface area contributed by atoms with Gasteiger partial charge in [-0.15, -0.1) is 0 Å². The molecule has 18 heavy (non-hydrogen) atoms. The molecular formula is C14H11Cl2FO. The van der Waals surface area contributed by atoms with E-state index in [-0.39, 0.29) is 5.02 Å². The fraction of sp³-hybridized carbons (Fsp3) is 0.143. The average Bonchev–Trinajstić information content (AvgIpc) is 2.32. The fourth-order valence-corrected chi connectivity index (χ4v) is 2.31. The summed E-state index contributed by atoms with van der Waals surface area (Å²) in [4.78, 5) is 0. The summed E-state index contributed by atoms with van der Waals surface area (Å²) in [5.74, 6) is -0.411. The van der Waals surface area contributed by atoms with Crippen LogP contribution in [0.1, 0.15) is 18.1 Å². The molecule has 0 fully saturated rings. The van der Waals surface area contributed by atoms with Crippen LogP contribution in [0.4, 0.5) is 4.39 Å². The summed E-state index contributed by atoms with van der Waals surface area (Å²) >= 11 is 12.0. The summed E-state index contributed by atoms with van der Waals surface area (Å²) in [5, 5.41) is 11.2. The molecule has 2 aromatic rings. The summed E-state index contributed by atoms with van der Waals surface area (Å²) in [6, 6.07) is 10.8. The van der Waals surface area contributed by atoms with Crippen LogP contribution in [0, 0.1) is 5.82 Å². The van der Waals surface area contributed by atoms with Crippen LogP contribution in [0.3, 0.4) is 0 Å². The highest BCUT2D eigenvalue weighted by Crippen LogP contribution is 2.37. The molecule has 1 N–H and O–H groups in total. The predicted molar refractivity (Wildman–Crippen MR) is 71.5 cm³/mol. The van der Waals surface area contributed by atoms with Gasteiger partial charge in [0, 0.05) is 5.56 Å². The second-order valence-electron chi connectivity index (χ2n) is 4.18. The lowest BCUT2D eigenvalue weighted by Crippen LogP contribution is -2.23. The molecule has 4 heteroatoms. The van der Waals surface area contributed by atoms with Crippen LogP contribution in [0.5, 0.6) is 0 Å². The van der Waals surface area contributed by atoms with Crippen LogP contribution >= 0.6 is 23.2 Å². The van der Waals surface area contributed by atoms with E-state index in [9.17, 15) is 9.50 Å². The van der Waals surface area contributed by atoms with E-state index >= 15 is 0 Å². The standard InChI is InChI=1S/C14H11Cl2FO/c1-14(18,9-4-2-5-10(17)8-9)11-6-3-7-12(15)13(11)16/h2-8,18H,1H3. The Morgan fingerprint density at radius 2 is 1.78 bits per heavy atom. The van der Waals surface area contributed by atoms with E-state index in [1.165, 1.54) is 18.2 Å². The van der Waals surface area contributed by atoms with Crippen molar-refractivity contribution in [2.45, 2.75) is 12.5 Å². The van der Waals surface area contributed by atoms with Gasteiger partial charge in [0.15, 0.2) is 0 Å². The molecule has 0 saturated heterocycles. The van der Waals surface area contributed by atoms with E-state index < -0.39 is 11.4 Å². The quantitative estimate of drug-likeness (QED) is 0.867. The number of aliphatic hydroxyl groups is 1. The Hall–Kier alpha value is -1.09. The summed E-state index contributed by atoms with van der Waals surface area (Å²) in [7, 11) is 0. The third kappa shape index (κ3) is 2.37. The first-order valence-electron chi connectivity index (χ1n) is 5.36. The largest absolute Gasteiger partial charge is 0.381 e. The maximum absolute atomic E-state index is 13.2. The van der Waals surface area contributed by atoms with Crippen molar-refractivity contribution < 1.29 is 9.50 Å². The van der Waals surface area contributed by atoms with Gasteiger partial charge >= 0.3 is 0 Å². The van der Waals surface area contributed by atoms with Crippen molar-refractivity contribution in [1.82, 2.24) is 0 Å². The molecule has 0 spiro atoms. The average molecular weight is 285 g/mol. The lowest BCUT2D eigenvalue weighted by molar-refractivity contribution is 0.102. The second kappa shape index (κ2) is 4.88. The Labute approximate surface area is 115 Å². The van der Waals surface area contributed by atoms with Crippen molar-refractivity contribution in [3.8, 4) is 0 Å². The molecule has 0 saturated carbocycles. The molecule has 0 bridgehead atoms. The van der Waals surface area contributed by atoms with Gasteiger partial charge in [0.25, 0.3) is 0 Å². The Balaban J connectivity index is 2.57. The minimum atomic E-state index is -1.40. The van der Waals surface area contributed by atoms with Gasteiger partial charge in [0.05, 0.1) is 10.0 Å². The Morgan fingerprint density at radius 1 is 1.11 bits per heavy atom. The van der Waals surface area contributed by atoms with Crippen LogP contribution in [-0.4, -0.2) is 5.11 Å². The summed E-state index contributed by atoms with van der Waals surface area (Å²) in [6.07, 6.45) is 0. The number of benzene rings is 2. The van der Waals surface area contributed by atoms with E-state index in [0.29, 0.717) is 16.1 Å². The van der Waals surface area contributed by atoms with E-state index in [2.05, 4.69) is 0 Å². The molecule has 2 aromatic carbocycles. The maximum Gasteiger partial charge on any atom is 0.123 e. The zero-order valence-electron chi connectivity index (χ0n) is 9.62. The number of halogens is 3. The maximum atomic E-state index is 13.2. The van der Waals surface area contributed by atoms with Gasteiger partial charge in [0.1, 0.15) is 11.4 Å². The van der Waals surface area contributed by atoms with Gasteiger partial charge in [-0.3, -0.25) is 0 Å². The fourth-order valence-electron chi connectivity index (χ4n) is 1.83. The predicted octanol–water partition coefficient (Wildman–Crippen LogP) is 4.39. The molecule has 0 aliphatic carbocycles. The molecular weight excluding hydrogens is 274 g/mol. The third-order valence-electron chi connectivity index (χ3n) is 2.86. The normalized spacial score (nSPS) is 14.3. The molecule has 1 atom stereocenters. The van der Waals surface area contributed by atoms with E-state index in [1.807, 2.05) is 0 Å². The van der Waals surface area contributed by atoms with Crippen LogP contribution in [-0.2, 0) is 5.60 Å². The van der Waals surface area contributed by atoms with Gasteiger partial charge in [-0.05, 0) is 30.7 Å². The van der Waals surface area contributed by atoms with Crippen LogP contribution < -0.4 is 0 Å². The molecule has 1 nitrogen and oxygen atoms in total. The molecule has 0 radical (unpaired) electrons. The molecule has 0 aliphatic rings. The Bertz CT molecular complexity index is 582. The highest BCUT2D eigenvalue weighted by molar-refractivity contribution is 6.42. The smallest absolute Gasteiger partial charge is 0.123 e. The minimum absolute atomic E-state index is 0.272. The summed E-state index contributed by atoms with van der Waals surface area (Å²) < 4.78 is 13.2. The van der Waals surface area contributed by atoms with Crippen LogP contribution in [0.25, 0.3) is 0 Å². The van der Waals surface area contributed by atoms with Crippen molar-refractivity contribution in [2.75, 3.05) is 0 Å². The second-order valence-corrected chi connectivity index (χ2v) is 4.97. The van der Waals surface area contributed by atoms with Crippen LogP contribution in [0.15, 0.2) is 42.5 Å². The zero-order valence-corrected chi connectivity index (χ0v) is 11.1. The first kappa shape index (κ1) is 13.3. The minimum Gasteiger partial charge on any atom is -0.381 e. The number of hydrogen-bond donors (Lipinski definition) is 1. The van der Waals surface area contributed by atoms with Crippen molar-refractivity contribution >= 4 is 23.2 Å². The highest BCUT2D eigenvalue weighted by atomic mass is 35.5. The molecule has 2 rings (SSSR count). The van der Waals surface area contributed by atoms with Crippen molar-refractivity contribution in [3.05, 3.63) is 69.5 Å². The monoisotopic (exact) mass is 284 g/mol. The van der Waals surface area contributed by atoms with Gasteiger partial charge < -0.3 is 5.11 Å². The van der Waals surface area contributed by atoms with Gasteiger partial charge in [-0.25, -0.2) is 4.39 Å². The SMILES string of the molecule is CC(O)(c1cccc(F)c1)c1cccc(Cl)c1Cl. The summed E-state index contributed by atoms with van der Waals surface area (Å²) in [6.45, 7) is 1.55. The van der Waals surface area contributed by atoms with Crippen molar-refractivity contribution in [1.29, 1.82) is 0 Å². The molecule has 0 amide bonds. The molecule has 0 aromatic heterocycles. The summed E-state index contributed by atoms with van der Waals surface area (Å²) in [5.41, 5.74) is -0.529. The first-order valence-corrected chi connectivity index (χ1v) is 6.11. The lowest BCUT2D eigenvalue weighted by atomic mass is 9.88. The van der Waals surface area contributed by atoms with E-state index in [1.54, 1.807) is 31.2 Å². The highest BCUT2D eigenvalue weighted by Gasteiger charge is 2.29. The lowest BCUT2D eigenvalue weighted by Gasteiger charge is -2.26. The third-order valence-corrected chi connectivity index (χ3v) is 3.68. The Morgan fingerprint density at radius 3 is 2.44 bits per heavy atom. The number of hydrogen-bond acceptors (Lipinski definition) is 1. The van der Waals surface area contributed by atoms with Gasteiger partial charge in [-0.2, -0.15) is 0 Å². The Kier molecular flexibility index (Phi) is 3.62. The topological polar surface area (TPSA) is 20.2 Å². The zero-order chi connectivity index (χ0) is 13.3. The molecule has 0 heterocycles. The van der Waals surface area contributed by atoms with E-state index in [0.717, 1.165) is 0 Å². The molecule has 0 aliphatic heterocycles. The van der Waals surface area contributed by atoms with Gasteiger partial charge in [0.2, 0.25) is 0 Å². The van der Waals surface area contributed by atoms with Crippen molar-refractivity contribution in [2.24, 2.45) is 0 Å². The number of rotatable bonds is 2. The van der Waals surface area contributed by atoms with E-state index in [4.69, 9.17) is 23.2 Å². The van der Waals surface area contributed by atoms with Gasteiger partial charge in [-0.1, -0.05) is 47.5 Å². The molecule has 1 unspecified atom stereocenters. The molecule has 94 valence electrons.